The van der Waals surface area contributed by atoms with Crippen LogP contribution in [0.1, 0.15) is 83.4 Å². The summed E-state index contributed by atoms with van der Waals surface area (Å²) in [4.78, 5) is 39.0. The third-order valence-corrected chi connectivity index (χ3v) is 5.26. The van der Waals surface area contributed by atoms with Gasteiger partial charge >= 0.3 is 0 Å². The van der Waals surface area contributed by atoms with Crippen molar-refractivity contribution >= 4 is 17.7 Å². The van der Waals surface area contributed by atoms with Crippen LogP contribution in [0.3, 0.4) is 0 Å². The van der Waals surface area contributed by atoms with Gasteiger partial charge in [0.2, 0.25) is 0 Å². The third-order valence-electron chi connectivity index (χ3n) is 5.26. The van der Waals surface area contributed by atoms with Crippen LogP contribution in [0.2, 0.25) is 0 Å². The summed E-state index contributed by atoms with van der Waals surface area (Å²) in [7, 11) is 0. The average molecular weight is 372 g/mol. The summed E-state index contributed by atoms with van der Waals surface area (Å²) in [5.41, 5.74) is 1.09. The Bertz CT molecular complexity index is 725. The van der Waals surface area contributed by atoms with Gasteiger partial charge in [-0.3, -0.25) is 19.3 Å². The molecule has 2 aliphatic rings. The Morgan fingerprint density at radius 2 is 2.04 bits per heavy atom. The molecule has 2 aliphatic heterocycles. The van der Waals surface area contributed by atoms with Gasteiger partial charge in [-0.25, -0.2) is 0 Å². The normalized spacial score (nSPS) is 20.1. The molecule has 2 unspecified atom stereocenters. The van der Waals surface area contributed by atoms with E-state index >= 15 is 0 Å². The molecule has 1 saturated heterocycles. The van der Waals surface area contributed by atoms with Crippen LogP contribution in [-0.4, -0.2) is 47.9 Å². The fourth-order valence-corrected chi connectivity index (χ4v) is 3.67. The number of carbonyl (C=O) groups excluding carboxylic acids is 3. The lowest BCUT2D eigenvalue weighted by Gasteiger charge is -2.17. The first-order chi connectivity index (χ1) is 13.0. The van der Waals surface area contributed by atoms with E-state index in [-0.39, 0.29) is 36.4 Å². The second kappa shape index (κ2) is 8.65. The summed E-state index contributed by atoms with van der Waals surface area (Å²) in [5, 5.41) is 2.97. The van der Waals surface area contributed by atoms with E-state index in [1.54, 1.807) is 18.2 Å². The van der Waals surface area contributed by atoms with Crippen LogP contribution in [0.25, 0.3) is 0 Å². The van der Waals surface area contributed by atoms with Crippen LogP contribution in [0.4, 0.5) is 0 Å². The molecule has 3 rings (SSSR count). The Labute approximate surface area is 160 Å². The highest BCUT2D eigenvalue weighted by atomic mass is 16.5. The molecule has 6 heteroatoms. The number of nitrogens with one attached hydrogen (secondary N) is 1. The molecule has 0 spiro atoms. The van der Waals surface area contributed by atoms with Gasteiger partial charge in [-0.05, 0) is 44.4 Å². The zero-order valence-electron chi connectivity index (χ0n) is 16.1. The van der Waals surface area contributed by atoms with Crippen LogP contribution in [0.5, 0.6) is 0 Å². The lowest BCUT2D eigenvalue weighted by atomic mass is 10.0. The van der Waals surface area contributed by atoms with E-state index in [4.69, 9.17) is 4.74 Å². The van der Waals surface area contributed by atoms with Crippen molar-refractivity contribution in [3.63, 3.8) is 0 Å². The SMILES string of the molecule is CCCCCC(C)NC(=O)c1ccc2c(c1)C(=O)N(CC1CCCO1)C2=O. The number of rotatable bonds is 8. The van der Waals surface area contributed by atoms with Gasteiger partial charge in [0.05, 0.1) is 23.8 Å². The molecular formula is C21H28N2O4. The molecule has 0 saturated carbocycles. The summed E-state index contributed by atoms with van der Waals surface area (Å²) >= 11 is 0. The minimum Gasteiger partial charge on any atom is -0.376 e. The maximum atomic E-state index is 12.7. The molecular weight excluding hydrogens is 344 g/mol. The maximum Gasteiger partial charge on any atom is 0.261 e. The van der Waals surface area contributed by atoms with Crippen molar-refractivity contribution in [2.24, 2.45) is 0 Å². The number of carbonyl (C=O) groups is 3. The summed E-state index contributed by atoms with van der Waals surface area (Å²) in [6.45, 7) is 5.09. The molecule has 2 heterocycles. The minimum absolute atomic E-state index is 0.0747. The molecule has 0 aromatic heterocycles. The van der Waals surface area contributed by atoms with Crippen molar-refractivity contribution < 1.29 is 19.1 Å². The number of amides is 3. The fourth-order valence-electron chi connectivity index (χ4n) is 3.67. The topological polar surface area (TPSA) is 75.7 Å². The lowest BCUT2D eigenvalue weighted by molar-refractivity contribution is 0.0475. The smallest absolute Gasteiger partial charge is 0.261 e. The Morgan fingerprint density at radius 1 is 1.26 bits per heavy atom. The number of nitrogens with zero attached hydrogens (tertiary/aromatic N) is 1. The first kappa shape index (κ1) is 19.5. The second-order valence-electron chi connectivity index (χ2n) is 7.49. The molecule has 146 valence electrons. The van der Waals surface area contributed by atoms with Crippen LogP contribution < -0.4 is 5.32 Å². The Morgan fingerprint density at radius 3 is 2.74 bits per heavy atom. The van der Waals surface area contributed by atoms with E-state index in [0.29, 0.717) is 23.3 Å². The zero-order chi connectivity index (χ0) is 19.4. The predicted octanol–water partition coefficient (Wildman–Crippen LogP) is 3.16. The van der Waals surface area contributed by atoms with Gasteiger partial charge in [-0.2, -0.15) is 0 Å². The zero-order valence-corrected chi connectivity index (χ0v) is 16.1. The van der Waals surface area contributed by atoms with Crippen LogP contribution >= 0.6 is 0 Å². The fraction of sp³-hybridized carbons (Fsp3) is 0.571. The monoisotopic (exact) mass is 372 g/mol. The van der Waals surface area contributed by atoms with Crippen molar-refractivity contribution in [2.75, 3.05) is 13.2 Å². The van der Waals surface area contributed by atoms with Gasteiger partial charge in [0.15, 0.2) is 0 Å². The molecule has 0 radical (unpaired) electrons. The molecule has 0 aliphatic carbocycles. The van der Waals surface area contributed by atoms with Gasteiger partial charge in [0.1, 0.15) is 0 Å². The third kappa shape index (κ3) is 4.38. The van der Waals surface area contributed by atoms with E-state index in [1.165, 1.54) is 4.90 Å². The molecule has 6 nitrogen and oxygen atoms in total. The maximum absolute atomic E-state index is 12.7. The molecule has 1 fully saturated rings. The van der Waals surface area contributed by atoms with Gasteiger partial charge in [-0.15, -0.1) is 0 Å². The number of unbranched alkanes of at least 4 members (excludes halogenated alkanes) is 2. The Kier molecular flexibility index (Phi) is 6.26. The number of imide groups is 1. The summed E-state index contributed by atoms with van der Waals surface area (Å²) in [5.74, 6) is -0.846. The summed E-state index contributed by atoms with van der Waals surface area (Å²) < 4.78 is 5.55. The Hall–Kier alpha value is -2.21. The molecule has 0 bridgehead atoms. The first-order valence-electron chi connectivity index (χ1n) is 9.94. The quantitative estimate of drug-likeness (QED) is 0.562. The van der Waals surface area contributed by atoms with E-state index in [0.717, 1.165) is 38.5 Å². The Balaban J connectivity index is 1.67. The predicted molar refractivity (Wildman–Crippen MR) is 102 cm³/mol. The highest BCUT2D eigenvalue weighted by molar-refractivity contribution is 6.22. The van der Waals surface area contributed by atoms with E-state index in [1.807, 2.05) is 6.92 Å². The molecule has 27 heavy (non-hydrogen) atoms. The minimum atomic E-state index is -0.337. The van der Waals surface area contributed by atoms with Crippen molar-refractivity contribution in [2.45, 2.75) is 64.5 Å². The number of hydrogen-bond donors (Lipinski definition) is 1. The number of ether oxygens (including phenoxy) is 1. The summed E-state index contributed by atoms with van der Waals surface area (Å²) in [6.07, 6.45) is 6.02. The molecule has 3 amide bonds. The standard InChI is InChI=1S/C21H28N2O4/c1-3-4-5-7-14(2)22-19(24)15-9-10-17-18(12-15)21(26)23(20(17)25)13-16-8-6-11-27-16/h9-10,12,14,16H,3-8,11,13H2,1-2H3,(H,22,24). The average Bonchev–Trinajstić information content (AvgIpc) is 3.25. The van der Waals surface area contributed by atoms with Crippen molar-refractivity contribution in [3.05, 3.63) is 34.9 Å². The summed E-state index contributed by atoms with van der Waals surface area (Å²) in [6, 6.07) is 4.82. The number of hydrogen-bond acceptors (Lipinski definition) is 4. The molecule has 1 aromatic rings. The number of benzene rings is 1. The van der Waals surface area contributed by atoms with Crippen LogP contribution in [0.15, 0.2) is 18.2 Å². The van der Waals surface area contributed by atoms with Crippen LogP contribution in [0, 0.1) is 0 Å². The number of fused-ring (bicyclic) bond motifs is 1. The van der Waals surface area contributed by atoms with E-state index in [2.05, 4.69) is 12.2 Å². The van der Waals surface area contributed by atoms with Gasteiger partial charge in [0.25, 0.3) is 17.7 Å². The molecule has 1 aromatic carbocycles. The highest BCUT2D eigenvalue weighted by Crippen LogP contribution is 2.26. The van der Waals surface area contributed by atoms with Crippen molar-refractivity contribution in [1.29, 1.82) is 0 Å². The largest absolute Gasteiger partial charge is 0.376 e. The van der Waals surface area contributed by atoms with Gasteiger partial charge in [-0.1, -0.05) is 26.2 Å². The highest BCUT2D eigenvalue weighted by Gasteiger charge is 2.37. The second-order valence-corrected chi connectivity index (χ2v) is 7.49. The van der Waals surface area contributed by atoms with Gasteiger partial charge in [0, 0.05) is 18.2 Å². The van der Waals surface area contributed by atoms with Crippen LogP contribution in [-0.2, 0) is 4.74 Å². The molecule has 1 N–H and O–H groups in total. The lowest BCUT2D eigenvalue weighted by Crippen LogP contribution is -2.36. The van der Waals surface area contributed by atoms with E-state index < -0.39 is 0 Å². The van der Waals surface area contributed by atoms with Crippen molar-refractivity contribution in [1.82, 2.24) is 10.2 Å². The van der Waals surface area contributed by atoms with Gasteiger partial charge < -0.3 is 10.1 Å². The molecule has 2 atom stereocenters. The first-order valence-corrected chi connectivity index (χ1v) is 9.94. The van der Waals surface area contributed by atoms with E-state index in [9.17, 15) is 14.4 Å². The van der Waals surface area contributed by atoms with Crippen molar-refractivity contribution in [3.8, 4) is 0 Å².